The predicted molar refractivity (Wildman–Crippen MR) is 128 cm³/mol. The first-order valence-electron chi connectivity index (χ1n) is 12.1. The van der Waals surface area contributed by atoms with E-state index in [1.165, 1.54) is 0 Å². The zero-order chi connectivity index (χ0) is 24.2. The number of aromatic nitrogens is 2. The summed E-state index contributed by atoms with van der Waals surface area (Å²) in [4.78, 5) is 44.8. The van der Waals surface area contributed by atoms with Crippen molar-refractivity contribution in [2.45, 2.75) is 46.3 Å². The second-order valence-corrected chi connectivity index (χ2v) is 9.10. The largest absolute Gasteiger partial charge is 0.339 e. The number of nitrogens with zero attached hydrogens (tertiary/aromatic N) is 5. The van der Waals surface area contributed by atoms with Gasteiger partial charge in [0.1, 0.15) is 11.7 Å². The van der Waals surface area contributed by atoms with Crippen LogP contribution in [0.4, 0.5) is 0 Å². The van der Waals surface area contributed by atoms with Crippen LogP contribution >= 0.6 is 0 Å². The lowest BCUT2D eigenvalue weighted by molar-refractivity contribution is -0.134. The van der Waals surface area contributed by atoms with Crippen molar-refractivity contribution in [2.24, 2.45) is 0 Å². The van der Waals surface area contributed by atoms with Crippen LogP contribution in [0, 0.1) is 6.92 Å². The summed E-state index contributed by atoms with van der Waals surface area (Å²) < 4.78 is 1.62. The van der Waals surface area contributed by atoms with Gasteiger partial charge in [-0.2, -0.15) is 5.10 Å². The molecule has 0 radical (unpaired) electrons. The molecule has 2 aromatic rings. The maximum absolute atomic E-state index is 13.2. The van der Waals surface area contributed by atoms with Gasteiger partial charge in [-0.05, 0) is 37.9 Å². The van der Waals surface area contributed by atoms with Crippen LogP contribution in [0.25, 0.3) is 0 Å². The summed E-state index contributed by atoms with van der Waals surface area (Å²) in [5.74, 6) is -0.664. The predicted octanol–water partition coefficient (Wildman–Crippen LogP) is 1.52. The molecule has 34 heavy (non-hydrogen) atoms. The minimum Gasteiger partial charge on any atom is -0.339 e. The second-order valence-electron chi connectivity index (χ2n) is 9.10. The van der Waals surface area contributed by atoms with Crippen LogP contribution in [0.15, 0.2) is 30.3 Å². The molecule has 2 aliphatic rings. The molecule has 0 spiro atoms. The molecule has 1 fully saturated rings. The van der Waals surface area contributed by atoms with Crippen LogP contribution in [0.3, 0.4) is 0 Å². The summed E-state index contributed by atoms with van der Waals surface area (Å²) in [6.45, 7) is 11.6. The highest BCUT2D eigenvalue weighted by Gasteiger charge is 2.29. The van der Waals surface area contributed by atoms with Gasteiger partial charge in [0.15, 0.2) is 5.69 Å². The fourth-order valence-corrected chi connectivity index (χ4v) is 4.58. The van der Waals surface area contributed by atoms with E-state index in [2.05, 4.69) is 22.2 Å². The Kier molecular flexibility index (Phi) is 7.31. The number of amides is 3. The summed E-state index contributed by atoms with van der Waals surface area (Å²) >= 11 is 0. The van der Waals surface area contributed by atoms with Gasteiger partial charge < -0.3 is 20.0 Å². The van der Waals surface area contributed by atoms with E-state index in [4.69, 9.17) is 0 Å². The van der Waals surface area contributed by atoms with Gasteiger partial charge in [-0.25, -0.2) is 0 Å². The third-order valence-corrected chi connectivity index (χ3v) is 6.79. The first-order chi connectivity index (χ1) is 16.4. The van der Waals surface area contributed by atoms with Crippen molar-refractivity contribution in [1.82, 2.24) is 29.8 Å². The molecule has 1 atom stereocenters. The number of piperazine rings is 1. The number of hydrogen-bond acceptors (Lipinski definition) is 5. The van der Waals surface area contributed by atoms with Gasteiger partial charge in [0.05, 0.1) is 0 Å². The van der Waals surface area contributed by atoms with E-state index in [-0.39, 0.29) is 17.5 Å². The van der Waals surface area contributed by atoms with Crippen LogP contribution in [0.2, 0.25) is 0 Å². The van der Waals surface area contributed by atoms with Crippen molar-refractivity contribution in [1.29, 1.82) is 0 Å². The molecule has 1 aromatic heterocycles. The van der Waals surface area contributed by atoms with E-state index in [0.29, 0.717) is 38.4 Å². The van der Waals surface area contributed by atoms with Crippen LogP contribution in [-0.2, 0) is 17.9 Å². The summed E-state index contributed by atoms with van der Waals surface area (Å²) in [6.07, 6.45) is 0.756. The highest BCUT2D eigenvalue weighted by Crippen LogP contribution is 2.18. The highest BCUT2D eigenvalue weighted by molar-refractivity contribution is 5.99. The van der Waals surface area contributed by atoms with E-state index < -0.39 is 11.9 Å². The highest BCUT2D eigenvalue weighted by atomic mass is 16.2. The average molecular weight is 467 g/mol. The molecule has 4 rings (SSSR count). The minimum absolute atomic E-state index is 0.0923. The minimum atomic E-state index is -0.657. The van der Waals surface area contributed by atoms with Crippen molar-refractivity contribution >= 4 is 17.7 Å². The van der Waals surface area contributed by atoms with Crippen LogP contribution in [0.1, 0.15) is 52.4 Å². The Bertz CT molecular complexity index is 1060. The van der Waals surface area contributed by atoms with Gasteiger partial charge in [-0.1, -0.05) is 31.2 Å². The number of carbonyl (C=O) groups excluding carboxylic acids is 3. The molecule has 1 aromatic carbocycles. The Balaban J connectivity index is 1.41. The van der Waals surface area contributed by atoms with Gasteiger partial charge in [0, 0.05) is 51.9 Å². The zero-order valence-electron chi connectivity index (χ0n) is 20.3. The van der Waals surface area contributed by atoms with Crippen LogP contribution < -0.4 is 5.32 Å². The number of rotatable bonds is 6. The molecule has 2 aliphatic heterocycles. The van der Waals surface area contributed by atoms with Crippen molar-refractivity contribution in [3.8, 4) is 0 Å². The van der Waals surface area contributed by atoms with E-state index in [1.54, 1.807) is 22.6 Å². The Morgan fingerprint density at radius 1 is 1.09 bits per heavy atom. The molecule has 9 heteroatoms. The molecule has 1 saturated heterocycles. The van der Waals surface area contributed by atoms with Crippen molar-refractivity contribution in [3.63, 3.8) is 0 Å². The van der Waals surface area contributed by atoms with E-state index in [1.807, 2.05) is 36.1 Å². The number of carbonyl (C=O) groups is 3. The van der Waals surface area contributed by atoms with Crippen molar-refractivity contribution in [3.05, 3.63) is 52.8 Å². The fourth-order valence-electron chi connectivity index (χ4n) is 4.58. The molecule has 0 bridgehead atoms. The number of benzene rings is 1. The Morgan fingerprint density at radius 2 is 1.82 bits per heavy atom. The first kappa shape index (κ1) is 23.9. The number of nitrogens with one attached hydrogen (secondary N) is 1. The molecular formula is C25H34N6O3. The number of aryl methyl sites for hydroxylation is 2. The summed E-state index contributed by atoms with van der Waals surface area (Å²) in [5, 5.41) is 7.16. The molecule has 182 valence electrons. The summed E-state index contributed by atoms with van der Waals surface area (Å²) in [5.41, 5.74) is 2.82. The smallest absolute Gasteiger partial charge is 0.272 e. The van der Waals surface area contributed by atoms with Crippen molar-refractivity contribution < 1.29 is 14.4 Å². The second kappa shape index (κ2) is 10.4. The Morgan fingerprint density at radius 3 is 2.53 bits per heavy atom. The molecule has 3 amide bonds. The number of hydrogen-bond donors (Lipinski definition) is 1. The molecule has 9 nitrogen and oxygen atoms in total. The zero-order valence-corrected chi connectivity index (χ0v) is 20.3. The molecular weight excluding hydrogens is 432 g/mol. The van der Waals surface area contributed by atoms with E-state index >= 15 is 0 Å². The molecule has 0 saturated carbocycles. The average Bonchev–Trinajstić information content (AvgIpc) is 3.22. The van der Waals surface area contributed by atoms with E-state index in [0.717, 1.165) is 37.2 Å². The van der Waals surface area contributed by atoms with Crippen LogP contribution in [-0.4, -0.2) is 87.5 Å². The lowest BCUT2D eigenvalue weighted by atomic mass is 10.1. The normalized spacial score (nSPS) is 17.8. The van der Waals surface area contributed by atoms with Gasteiger partial charge in [0.25, 0.3) is 11.8 Å². The monoisotopic (exact) mass is 466 g/mol. The standard InChI is InChI=1S/C25H34N6O3/c1-4-28-12-14-29(15-13-28)24(33)19(3)26-23(32)21-16-22-25(34)30(10-7-11-31(22)27-21)17-20-9-6-5-8-18(20)2/h5-6,8-9,16,19H,4,7,10-15,17H2,1-3H3,(H,26,32). The Hall–Kier alpha value is -3.20. The van der Waals surface area contributed by atoms with Crippen molar-refractivity contribution in [2.75, 3.05) is 39.3 Å². The summed E-state index contributed by atoms with van der Waals surface area (Å²) in [6, 6.07) is 8.92. The quantitative estimate of drug-likeness (QED) is 0.697. The molecule has 3 heterocycles. The van der Waals surface area contributed by atoms with Gasteiger partial charge in [0.2, 0.25) is 5.91 Å². The lowest BCUT2D eigenvalue weighted by Crippen LogP contribution is -2.54. The number of likely N-dealkylation sites (N-methyl/N-ethyl adjacent to an activating group) is 1. The van der Waals surface area contributed by atoms with Gasteiger partial charge in [-0.3, -0.25) is 19.1 Å². The maximum Gasteiger partial charge on any atom is 0.272 e. The van der Waals surface area contributed by atoms with E-state index in [9.17, 15) is 14.4 Å². The molecule has 0 aliphatic carbocycles. The first-order valence-corrected chi connectivity index (χ1v) is 12.1. The Labute approximate surface area is 200 Å². The van der Waals surface area contributed by atoms with Gasteiger partial charge >= 0.3 is 0 Å². The SMILES string of the molecule is CCN1CCN(C(=O)C(C)NC(=O)c2cc3n(n2)CCCN(Cc2ccccc2C)C3=O)CC1. The van der Waals surface area contributed by atoms with Crippen LogP contribution in [0.5, 0.6) is 0 Å². The lowest BCUT2D eigenvalue weighted by Gasteiger charge is -2.35. The fraction of sp³-hybridized carbons (Fsp3) is 0.520. The molecule has 1 N–H and O–H groups in total. The number of fused-ring (bicyclic) bond motifs is 1. The third kappa shape index (κ3) is 5.14. The third-order valence-electron chi connectivity index (χ3n) is 6.79. The molecule has 1 unspecified atom stereocenters. The van der Waals surface area contributed by atoms with Gasteiger partial charge in [-0.15, -0.1) is 0 Å². The topological polar surface area (TPSA) is 90.8 Å². The summed E-state index contributed by atoms with van der Waals surface area (Å²) in [7, 11) is 0. The maximum atomic E-state index is 13.2.